The molecule has 1 aromatic rings. The van der Waals surface area contributed by atoms with Crippen LogP contribution in [0, 0.1) is 5.92 Å². The van der Waals surface area contributed by atoms with Crippen molar-refractivity contribution in [1.82, 2.24) is 4.98 Å². The Kier molecular flexibility index (Phi) is 5.48. The number of rotatable bonds is 4. The van der Waals surface area contributed by atoms with Crippen molar-refractivity contribution in [3.63, 3.8) is 0 Å². The first kappa shape index (κ1) is 15.1. The first-order valence-corrected chi connectivity index (χ1v) is 8.12. The minimum Gasteiger partial charge on any atom is -0.352 e. The second-order valence-corrected chi connectivity index (χ2v) is 6.42. The molecule has 2 atom stereocenters. The molecule has 2 N–H and O–H groups in total. The molecule has 0 saturated heterocycles. The van der Waals surface area contributed by atoms with Gasteiger partial charge in [-0.1, -0.05) is 24.4 Å². The van der Waals surface area contributed by atoms with Crippen LogP contribution in [0.1, 0.15) is 32.6 Å². The Bertz CT molecular complexity index is 427. The van der Waals surface area contributed by atoms with Crippen molar-refractivity contribution >= 4 is 33.3 Å². The molecule has 106 valence electrons. The molecule has 1 saturated carbocycles. The molecule has 0 aliphatic heterocycles. The van der Waals surface area contributed by atoms with Gasteiger partial charge in [0.05, 0.1) is 5.02 Å². The van der Waals surface area contributed by atoms with Gasteiger partial charge in [0.1, 0.15) is 5.82 Å². The average molecular weight is 347 g/mol. The van der Waals surface area contributed by atoms with Gasteiger partial charge < -0.3 is 10.6 Å². The average Bonchev–Trinajstić information content (AvgIpc) is 2.42. The SMILES string of the molecule is CCN(c1ncc(Br)cc1Cl)C1CCCCC1CN. The lowest BCUT2D eigenvalue weighted by atomic mass is 9.83. The predicted octanol–water partition coefficient (Wildman–Crippen LogP) is 3.84. The highest BCUT2D eigenvalue weighted by atomic mass is 79.9. The largest absolute Gasteiger partial charge is 0.352 e. The summed E-state index contributed by atoms with van der Waals surface area (Å²) in [5.41, 5.74) is 5.94. The van der Waals surface area contributed by atoms with Crippen LogP contribution < -0.4 is 10.6 Å². The molecule has 3 nitrogen and oxygen atoms in total. The lowest BCUT2D eigenvalue weighted by Gasteiger charge is -2.40. The van der Waals surface area contributed by atoms with Crippen LogP contribution in [0.5, 0.6) is 0 Å². The van der Waals surface area contributed by atoms with Gasteiger partial charge in [-0.2, -0.15) is 0 Å². The minimum absolute atomic E-state index is 0.468. The molecule has 19 heavy (non-hydrogen) atoms. The second kappa shape index (κ2) is 6.91. The Morgan fingerprint density at radius 3 is 2.84 bits per heavy atom. The standard InChI is InChI=1S/C14H21BrClN3/c1-2-19(13-6-4-3-5-10(13)8-17)14-12(16)7-11(15)9-18-14/h7,9-10,13H,2-6,8,17H2,1H3. The van der Waals surface area contributed by atoms with Gasteiger partial charge in [0.2, 0.25) is 0 Å². The Labute approximate surface area is 128 Å². The summed E-state index contributed by atoms with van der Waals surface area (Å²) in [4.78, 5) is 6.82. The molecule has 1 heterocycles. The maximum atomic E-state index is 6.35. The van der Waals surface area contributed by atoms with Gasteiger partial charge in [0.25, 0.3) is 0 Å². The van der Waals surface area contributed by atoms with Crippen LogP contribution in [-0.4, -0.2) is 24.1 Å². The zero-order chi connectivity index (χ0) is 13.8. The Balaban J connectivity index is 2.27. The molecule has 2 rings (SSSR count). The number of pyridine rings is 1. The third-order valence-electron chi connectivity index (χ3n) is 3.97. The molecular formula is C14H21BrClN3. The van der Waals surface area contributed by atoms with E-state index in [1.165, 1.54) is 25.7 Å². The molecule has 0 spiro atoms. The highest BCUT2D eigenvalue weighted by Crippen LogP contribution is 2.34. The van der Waals surface area contributed by atoms with Gasteiger partial charge in [0, 0.05) is 23.3 Å². The molecule has 1 aliphatic carbocycles. The van der Waals surface area contributed by atoms with Crippen LogP contribution in [0.2, 0.25) is 5.02 Å². The van der Waals surface area contributed by atoms with Crippen LogP contribution in [0.25, 0.3) is 0 Å². The second-order valence-electron chi connectivity index (χ2n) is 5.09. The summed E-state index contributed by atoms with van der Waals surface area (Å²) in [6.45, 7) is 3.81. The van der Waals surface area contributed by atoms with E-state index >= 15 is 0 Å². The van der Waals surface area contributed by atoms with Crippen LogP contribution in [0.15, 0.2) is 16.7 Å². The van der Waals surface area contributed by atoms with Crippen LogP contribution >= 0.6 is 27.5 Å². The summed E-state index contributed by atoms with van der Waals surface area (Å²) in [5.74, 6) is 1.44. The topological polar surface area (TPSA) is 42.2 Å². The van der Waals surface area contributed by atoms with E-state index in [0.717, 1.165) is 23.4 Å². The minimum atomic E-state index is 0.468. The molecular weight excluding hydrogens is 326 g/mol. The summed E-state index contributed by atoms with van der Waals surface area (Å²) >= 11 is 9.75. The lowest BCUT2D eigenvalue weighted by molar-refractivity contribution is 0.299. The molecule has 0 bridgehead atoms. The number of nitrogens with two attached hydrogens (primary N) is 1. The zero-order valence-electron chi connectivity index (χ0n) is 11.3. The van der Waals surface area contributed by atoms with Crippen LogP contribution in [-0.2, 0) is 0 Å². The zero-order valence-corrected chi connectivity index (χ0v) is 13.6. The molecule has 0 radical (unpaired) electrons. The molecule has 1 aliphatic rings. The molecule has 5 heteroatoms. The van der Waals surface area contributed by atoms with Crippen LogP contribution in [0.3, 0.4) is 0 Å². The highest BCUT2D eigenvalue weighted by Gasteiger charge is 2.30. The summed E-state index contributed by atoms with van der Waals surface area (Å²) in [7, 11) is 0. The van der Waals surface area contributed by atoms with Crippen molar-refractivity contribution in [2.24, 2.45) is 11.7 Å². The summed E-state index contributed by atoms with van der Waals surface area (Å²) in [6, 6.07) is 2.38. The van der Waals surface area contributed by atoms with E-state index in [-0.39, 0.29) is 0 Å². The molecule has 2 unspecified atom stereocenters. The predicted molar refractivity (Wildman–Crippen MR) is 84.8 cm³/mol. The van der Waals surface area contributed by atoms with Crippen molar-refractivity contribution in [3.05, 3.63) is 21.8 Å². The smallest absolute Gasteiger partial charge is 0.147 e. The fourth-order valence-corrected chi connectivity index (χ4v) is 3.77. The fraction of sp³-hybridized carbons (Fsp3) is 0.643. The van der Waals surface area contributed by atoms with Crippen LogP contribution in [0.4, 0.5) is 5.82 Å². The van der Waals surface area contributed by atoms with Gasteiger partial charge in [0.15, 0.2) is 0 Å². The first-order chi connectivity index (χ1) is 9.17. The van der Waals surface area contributed by atoms with Gasteiger partial charge in [-0.05, 0) is 54.2 Å². The highest BCUT2D eigenvalue weighted by molar-refractivity contribution is 9.10. The normalized spacial score (nSPS) is 23.4. The van der Waals surface area contributed by atoms with Crippen molar-refractivity contribution in [1.29, 1.82) is 0 Å². The number of hydrogen-bond acceptors (Lipinski definition) is 3. The fourth-order valence-electron chi connectivity index (χ4n) is 3.03. The first-order valence-electron chi connectivity index (χ1n) is 6.95. The summed E-state index contributed by atoms with van der Waals surface area (Å²) < 4.78 is 0.913. The van der Waals surface area contributed by atoms with E-state index in [2.05, 4.69) is 32.7 Å². The maximum Gasteiger partial charge on any atom is 0.147 e. The van der Waals surface area contributed by atoms with Gasteiger partial charge in [-0.3, -0.25) is 0 Å². The molecule has 0 amide bonds. The Hall–Kier alpha value is -0.320. The lowest BCUT2D eigenvalue weighted by Crippen LogP contribution is -2.45. The van der Waals surface area contributed by atoms with E-state index in [9.17, 15) is 0 Å². The summed E-state index contributed by atoms with van der Waals surface area (Å²) in [5, 5.41) is 0.706. The molecule has 0 aromatic carbocycles. The van der Waals surface area contributed by atoms with E-state index < -0.39 is 0 Å². The number of anilines is 1. The van der Waals surface area contributed by atoms with E-state index in [1.807, 2.05) is 12.3 Å². The third kappa shape index (κ3) is 3.41. The van der Waals surface area contributed by atoms with E-state index in [1.54, 1.807) is 0 Å². The van der Waals surface area contributed by atoms with Crippen molar-refractivity contribution < 1.29 is 0 Å². The Morgan fingerprint density at radius 1 is 1.47 bits per heavy atom. The monoisotopic (exact) mass is 345 g/mol. The Morgan fingerprint density at radius 2 is 2.21 bits per heavy atom. The molecule has 1 fully saturated rings. The van der Waals surface area contributed by atoms with Gasteiger partial charge in [-0.25, -0.2) is 4.98 Å². The van der Waals surface area contributed by atoms with Gasteiger partial charge in [-0.15, -0.1) is 0 Å². The summed E-state index contributed by atoms with van der Waals surface area (Å²) in [6.07, 6.45) is 6.77. The van der Waals surface area contributed by atoms with Gasteiger partial charge >= 0.3 is 0 Å². The molecule has 1 aromatic heterocycles. The van der Waals surface area contributed by atoms with Crippen molar-refractivity contribution in [2.75, 3.05) is 18.0 Å². The van der Waals surface area contributed by atoms with Crippen molar-refractivity contribution in [3.8, 4) is 0 Å². The maximum absolute atomic E-state index is 6.35. The van der Waals surface area contributed by atoms with Crippen molar-refractivity contribution in [2.45, 2.75) is 38.6 Å². The van der Waals surface area contributed by atoms with E-state index in [4.69, 9.17) is 17.3 Å². The number of halogens is 2. The number of aromatic nitrogens is 1. The third-order valence-corrected chi connectivity index (χ3v) is 4.68. The van der Waals surface area contributed by atoms with E-state index in [0.29, 0.717) is 17.0 Å². The number of nitrogens with zero attached hydrogens (tertiary/aromatic N) is 2. The quantitative estimate of drug-likeness (QED) is 0.900. The number of hydrogen-bond donors (Lipinski definition) is 1.